The summed E-state index contributed by atoms with van der Waals surface area (Å²) in [6, 6.07) is 30.6. The number of rotatable bonds is 21. The third kappa shape index (κ3) is 22.2. The number of aromatic amines is 4. The first-order valence-corrected chi connectivity index (χ1v) is 47.4. The molecule has 134 heavy (non-hydrogen) atoms. The van der Waals surface area contributed by atoms with Crippen LogP contribution in [-0.2, 0) is 63.5 Å². The first-order chi connectivity index (χ1) is 62.7. The summed E-state index contributed by atoms with van der Waals surface area (Å²) in [5.74, 6) is -2.33. The Labute approximate surface area is 797 Å². The van der Waals surface area contributed by atoms with Crippen molar-refractivity contribution in [3.05, 3.63) is 326 Å². The zero-order valence-electron chi connectivity index (χ0n) is 69.5. The van der Waals surface area contributed by atoms with Gasteiger partial charge >= 0.3 is 12.4 Å². The lowest BCUT2D eigenvalue weighted by molar-refractivity contribution is -0.138. The van der Waals surface area contributed by atoms with Crippen LogP contribution in [0.4, 0.5) is 49.1 Å². The zero-order valence-corrected chi connectivity index (χ0v) is 78.8. The molecule has 9 N–H and O–H groups in total. The van der Waals surface area contributed by atoms with E-state index < -0.39 is 107 Å². The quantitative estimate of drug-likeness (QED) is 0.0183. The molecule has 692 valence electrons. The van der Waals surface area contributed by atoms with Gasteiger partial charge in [-0.2, -0.15) is 26.3 Å². The maximum absolute atomic E-state index is 13.3. The highest BCUT2D eigenvalue weighted by atomic mass is 35.5. The Balaban J connectivity index is 0.000000152. The monoisotopic (exact) mass is 2060 g/mol. The number of fused-ring (bicyclic) bond motifs is 4. The highest BCUT2D eigenvalue weighted by Crippen LogP contribution is 2.41. The minimum absolute atomic E-state index is 0.000892. The molecule has 0 atom stereocenters. The smallest absolute Gasteiger partial charge is 0.386 e. The van der Waals surface area contributed by atoms with E-state index in [9.17, 15) is 84.3 Å². The molecule has 0 aliphatic carbocycles. The lowest BCUT2D eigenvalue weighted by Gasteiger charge is -2.21. The van der Waals surface area contributed by atoms with E-state index in [1.165, 1.54) is 106 Å². The number of pyridine rings is 8. The number of benzene rings is 4. The van der Waals surface area contributed by atoms with E-state index in [1.54, 1.807) is 68.1 Å². The fourth-order valence-corrected chi connectivity index (χ4v) is 19.5. The summed E-state index contributed by atoms with van der Waals surface area (Å²) in [5, 5.41) is 12.7. The lowest BCUT2D eigenvalue weighted by Crippen LogP contribution is -2.20. The van der Waals surface area contributed by atoms with Crippen molar-refractivity contribution < 1.29 is 84.3 Å². The van der Waals surface area contributed by atoms with E-state index in [-0.39, 0.29) is 113 Å². The van der Waals surface area contributed by atoms with Gasteiger partial charge in [-0.15, -0.1) is 0 Å². The average Bonchev–Trinajstić information content (AvgIpc) is 1.19. The zero-order chi connectivity index (χ0) is 97.6. The number of ketones is 4. The topological polar surface area (TPSA) is 439 Å². The molecule has 12 heterocycles. The number of sulfonamides is 4. The van der Waals surface area contributed by atoms with Crippen molar-refractivity contribution in [1.29, 1.82) is 0 Å². The number of nitrogens with one attached hydrogen (secondary N) is 8. The Morgan fingerprint density at radius 1 is 0.343 bits per heavy atom. The van der Waals surface area contributed by atoms with Crippen molar-refractivity contribution in [1.82, 2.24) is 59.8 Å². The molecule has 0 fully saturated rings. The predicted molar refractivity (Wildman–Crippen MR) is 498 cm³/mol. The van der Waals surface area contributed by atoms with Crippen LogP contribution in [0.2, 0.25) is 40.3 Å². The highest BCUT2D eigenvalue weighted by molar-refractivity contribution is 7.93. The SMILES string of the molecule is CC(C)(C)c1cc(S(=O)(=O)Nc2cc(Cl)cnc2C(=O)c2ccnc3[nH]ccc23)ccc1Cl.CC(C)(O)c1cc(S(=O)(=O)Nc2cc(Cl)cnc2C(=O)c2ccnc3[nH]ccc23)ccc1Cl.Cc1cc(C(=O)c2ncc(Cl)cc2NS(=O)(=O)c2ccc(Cl)c(C(F)(F)F)c2)c2cc[nH]c2n1.Cc1ccc(S(=O)(=O)Nc2cc(Cl)cnc2C(=O)c2cc(Cl)nc3[nH]ccc23)cc1C(F)(F)F. The Morgan fingerprint density at radius 3 is 1.00 bits per heavy atom. The standard InChI is InChI=1S/C23H20Cl2N4O3S.C22H18Cl2N4O4S.2C21H13Cl2F3N4O3S/c1-23(2,3)17-11-14(4-5-18(17)25)33(31,32)29-19-10-13(24)12-28-20(19)21(30)15-6-8-26-22-16(15)7-9-27-22;1-22(2,30)16-10-13(3-4-17(16)24)33(31,32)28-18-9-12(23)11-27-19(18)20(29)14-5-7-25-21-15(14)6-8-26-21;1-10-6-14(13-4-5-27-20(13)29-10)19(31)18-17(7-11(22)9-28-18)30-34(32,33)12-2-3-16(23)15(8-12)21(24,25)26;1-10-2-3-12(7-15(10)21(24,25)26)34(32,33)30-16-6-11(22)9-28-18(16)19(31)14-8-17(23)29-20-13(14)4-5-27-20/h4-12,29H,1-3H3,(H,26,27);3-11,28,30H,1-2H3,(H,25,26);2*2-9,30H,1H3,(H,27,29). The number of aliphatic hydroxyl groups is 1. The summed E-state index contributed by atoms with van der Waals surface area (Å²) in [7, 11) is -17.4. The van der Waals surface area contributed by atoms with Gasteiger partial charge in [0.15, 0.2) is 0 Å². The van der Waals surface area contributed by atoms with Crippen LogP contribution in [0.25, 0.3) is 44.1 Å². The highest BCUT2D eigenvalue weighted by Gasteiger charge is 2.38. The van der Waals surface area contributed by atoms with Crippen LogP contribution in [0.3, 0.4) is 0 Å². The van der Waals surface area contributed by atoms with Gasteiger partial charge in [0.25, 0.3) is 40.1 Å². The summed E-state index contributed by atoms with van der Waals surface area (Å²) < 4.78 is 193. The molecule has 0 unspecified atom stereocenters. The Morgan fingerprint density at radius 2 is 0.642 bits per heavy atom. The molecule has 16 aromatic rings. The van der Waals surface area contributed by atoms with Gasteiger partial charge in [-0.1, -0.05) is 120 Å². The van der Waals surface area contributed by atoms with E-state index in [0.29, 0.717) is 83.7 Å². The van der Waals surface area contributed by atoms with Crippen LogP contribution in [-0.4, -0.2) is 122 Å². The molecule has 0 aliphatic rings. The summed E-state index contributed by atoms with van der Waals surface area (Å²) in [4.78, 5) is 96.2. The second kappa shape index (κ2) is 38.6. The summed E-state index contributed by atoms with van der Waals surface area (Å²) in [6.45, 7) is 11.7. The van der Waals surface area contributed by atoms with Crippen LogP contribution >= 0.6 is 92.8 Å². The van der Waals surface area contributed by atoms with Crippen molar-refractivity contribution in [3.8, 4) is 0 Å². The third-order valence-corrected chi connectivity index (χ3v) is 27.1. The average molecular weight is 2070 g/mol. The Hall–Kier alpha value is -12.2. The molecule has 12 aromatic heterocycles. The second-order valence-electron chi connectivity index (χ2n) is 30.6. The van der Waals surface area contributed by atoms with E-state index in [0.717, 1.165) is 48.8 Å². The molecule has 0 radical (unpaired) electrons. The van der Waals surface area contributed by atoms with E-state index in [1.807, 2.05) is 20.8 Å². The van der Waals surface area contributed by atoms with Gasteiger partial charge < -0.3 is 25.0 Å². The summed E-state index contributed by atoms with van der Waals surface area (Å²) in [5.41, 5.74) is -1.72. The number of carbonyl (C=O) groups is 4. The molecule has 29 nitrogen and oxygen atoms in total. The molecule has 0 spiro atoms. The largest absolute Gasteiger partial charge is 0.417 e. The number of aromatic nitrogens is 12. The summed E-state index contributed by atoms with van der Waals surface area (Å²) >= 11 is 48.1. The van der Waals surface area contributed by atoms with Crippen LogP contribution in [0.1, 0.15) is 132 Å². The Kier molecular flexibility index (Phi) is 28.6. The molecular weight excluding hydrogens is 2000 g/mol. The minimum Gasteiger partial charge on any atom is -0.386 e. The molecular formula is C87H64Cl8F6N16O13S4. The number of hydrogen-bond donors (Lipinski definition) is 9. The van der Waals surface area contributed by atoms with E-state index in [2.05, 4.69) is 78.7 Å². The van der Waals surface area contributed by atoms with Crippen molar-refractivity contribution in [2.45, 2.75) is 91.4 Å². The second-order valence-corrected chi connectivity index (χ2v) is 40.7. The maximum atomic E-state index is 13.3. The van der Waals surface area contributed by atoms with Gasteiger partial charge in [0.05, 0.1) is 84.2 Å². The number of alkyl halides is 6. The fourth-order valence-electron chi connectivity index (χ4n) is 13.3. The molecule has 0 bridgehead atoms. The Bertz CT molecular complexity index is 7480. The number of aryl methyl sites for hydroxylation is 2. The van der Waals surface area contributed by atoms with Gasteiger partial charge in [-0.3, -0.25) is 38.1 Å². The third-order valence-electron chi connectivity index (χ3n) is 19.6. The van der Waals surface area contributed by atoms with Crippen molar-refractivity contribution in [3.63, 3.8) is 0 Å². The van der Waals surface area contributed by atoms with Gasteiger partial charge in [0.1, 0.15) is 50.5 Å². The maximum Gasteiger partial charge on any atom is 0.417 e. The molecule has 0 saturated carbocycles. The van der Waals surface area contributed by atoms with Crippen LogP contribution < -0.4 is 18.9 Å². The normalized spacial score (nSPS) is 12.2. The predicted octanol–water partition coefficient (Wildman–Crippen LogP) is 21.4. The van der Waals surface area contributed by atoms with Crippen LogP contribution in [0.15, 0.2) is 227 Å². The van der Waals surface area contributed by atoms with E-state index >= 15 is 0 Å². The molecule has 4 aromatic carbocycles. The van der Waals surface area contributed by atoms with Crippen molar-refractivity contribution >= 4 is 223 Å². The number of anilines is 4. The molecule has 0 saturated heterocycles. The van der Waals surface area contributed by atoms with Gasteiger partial charge in [-0.05, 0) is 184 Å². The van der Waals surface area contributed by atoms with Crippen molar-refractivity contribution in [2.75, 3.05) is 18.9 Å². The van der Waals surface area contributed by atoms with Gasteiger partial charge in [0.2, 0.25) is 23.1 Å². The van der Waals surface area contributed by atoms with E-state index in [4.69, 9.17) is 92.8 Å². The minimum atomic E-state index is -4.87. The van der Waals surface area contributed by atoms with Crippen LogP contribution in [0, 0.1) is 13.8 Å². The number of carbonyl (C=O) groups excluding carboxylic acids is 4. The van der Waals surface area contributed by atoms with Gasteiger partial charge in [0, 0.05) is 127 Å². The molecule has 0 aliphatic heterocycles. The number of H-pyrrole nitrogens is 4. The molecule has 47 heteroatoms. The first-order valence-electron chi connectivity index (χ1n) is 38.4. The van der Waals surface area contributed by atoms with Crippen molar-refractivity contribution in [2.24, 2.45) is 0 Å². The summed E-state index contributed by atoms with van der Waals surface area (Å²) in [6.07, 6.45) is 4.62. The first kappa shape index (κ1) is 99.3. The number of nitrogens with zero attached hydrogens (tertiary/aromatic N) is 8. The molecule has 16 rings (SSSR count). The van der Waals surface area contributed by atoms with Crippen LogP contribution in [0.5, 0.6) is 0 Å². The fraction of sp³-hybridized carbons (Fsp3) is 0.126. The number of halogens is 14. The lowest BCUT2D eigenvalue weighted by atomic mass is 9.87. The number of hydrogen-bond acceptors (Lipinski definition) is 21. The molecule has 0 amide bonds. The van der Waals surface area contributed by atoms with Gasteiger partial charge in [-0.25, -0.2) is 73.5 Å².